The third kappa shape index (κ3) is 5.85. The van der Waals surface area contributed by atoms with Crippen molar-refractivity contribution < 1.29 is 9.13 Å². The molecule has 0 bridgehead atoms. The van der Waals surface area contributed by atoms with Crippen LogP contribution in [0.2, 0.25) is 0 Å². The van der Waals surface area contributed by atoms with Crippen molar-refractivity contribution in [2.45, 2.75) is 39.3 Å². The lowest BCUT2D eigenvalue weighted by molar-refractivity contribution is 0.321. The van der Waals surface area contributed by atoms with Crippen molar-refractivity contribution in [2.24, 2.45) is 12.0 Å². The molecule has 0 amide bonds. The highest BCUT2D eigenvalue weighted by atomic mass is 19.1. The molecule has 0 aliphatic carbocycles. The van der Waals surface area contributed by atoms with Crippen molar-refractivity contribution in [1.29, 1.82) is 0 Å². The molecule has 0 saturated carbocycles. The highest BCUT2D eigenvalue weighted by Gasteiger charge is 2.21. The Labute approximate surface area is 172 Å². The summed E-state index contributed by atoms with van der Waals surface area (Å²) < 4.78 is 21.2. The van der Waals surface area contributed by atoms with Crippen molar-refractivity contribution in [3.8, 4) is 5.75 Å². The summed E-state index contributed by atoms with van der Waals surface area (Å²) in [4.78, 5) is 7.00. The summed E-state index contributed by atoms with van der Waals surface area (Å²) in [6.07, 6.45) is 6.14. The van der Waals surface area contributed by atoms with Crippen molar-refractivity contribution in [2.75, 3.05) is 31.1 Å². The molecular formula is C21H31FN6O. The Bertz CT molecular complexity index is 821. The van der Waals surface area contributed by atoms with Crippen LogP contribution in [0.15, 0.2) is 35.6 Å². The highest BCUT2D eigenvalue weighted by Crippen LogP contribution is 2.20. The molecule has 2 heterocycles. The molecule has 158 valence electrons. The molecule has 1 aliphatic rings. The number of piperidine rings is 1. The molecule has 2 N–H and O–H groups in total. The van der Waals surface area contributed by atoms with Gasteiger partial charge in [0.05, 0.1) is 25.0 Å². The first-order chi connectivity index (χ1) is 14.1. The van der Waals surface area contributed by atoms with Crippen molar-refractivity contribution in [3.05, 3.63) is 42.0 Å². The zero-order valence-corrected chi connectivity index (χ0v) is 17.5. The summed E-state index contributed by atoms with van der Waals surface area (Å²) in [7, 11) is 1.93. The van der Waals surface area contributed by atoms with Gasteiger partial charge in [0.2, 0.25) is 0 Å². The van der Waals surface area contributed by atoms with Gasteiger partial charge in [-0.3, -0.25) is 4.68 Å². The number of guanidine groups is 1. The van der Waals surface area contributed by atoms with Gasteiger partial charge in [-0.25, -0.2) is 9.38 Å². The van der Waals surface area contributed by atoms with Crippen LogP contribution >= 0.6 is 0 Å². The van der Waals surface area contributed by atoms with Gasteiger partial charge in [0.25, 0.3) is 0 Å². The zero-order chi connectivity index (χ0) is 20.6. The van der Waals surface area contributed by atoms with Crippen LogP contribution < -0.4 is 20.3 Å². The predicted octanol–water partition coefficient (Wildman–Crippen LogP) is 2.68. The van der Waals surface area contributed by atoms with Gasteiger partial charge in [0.1, 0.15) is 0 Å². The summed E-state index contributed by atoms with van der Waals surface area (Å²) in [5.41, 5.74) is 1.95. The van der Waals surface area contributed by atoms with E-state index in [9.17, 15) is 4.39 Å². The standard InChI is InChI=1S/C21H31FN6O/c1-4-23-21(24-12-16-8-9-20(29-5-2)19(22)11-16)26-17-7-6-10-28(14-17)18-13-25-27(3)15-18/h8-9,11,13,15,17H,4-7,10,12,14H2,1-3H3,(H2,23,24,26). The normalized spacial score (nSPS) is 17.3. The van der Waals surface area contributed by atoms with Gasteiger partial charge < -0.3 is 20.3 Å². The van der Waals surface area contributed by atoms with Crippen LogP contribution in [0, 0.1) is 5.82 Å². The lowest BCUT2D eigenvalue weighted by Gasteiger charge is -2.34. The Morgan fingerprint density at radius 3 is 2.93 bits per heavy atom. The van der Waals surface area contributed by atoms with Crippen molar-refractivity contribution in [1.82, 2.24) is 20.4 Å². The summed E-state index contributed by atoms with van der Waals surface area (Å²) in [5, 5.41) is 11.1. The van der Waals surface area contributed by atoms with Gasteiger partial charge in [0.15, 0.2) is 17.5 Å². The number of nitrogens with zero attached hydrogens (tertiary/aromatic N) is 4. The summed E-state index contributed by atoms with van der Waals surface area (Å²) >= 11 is 0. The van der Waals surface area contributed by atoms with Crippen LogP contribution in [0.5, 0.6) is 5.75 Å². The average Bonchev–Trinajstić information content (AvgIpc) is 3.15. The maximum absolute atomic E-state index is 14.1. The number of anilines is 1. The molecule has 1 aliphatic heterocycles. The lowest BCUT2D eigenvalue weighted by atomic mass is 10.1. The first-order valence-electron chi connectivity index (χ1n) is 10.3. The van der Waals surface area contributed by atoms with E-state index in [1.165, 1.54) is 6.07 Å². The zero-order valence-electron chi connectivity index (χ0n) is 17.5. The van der Waals surface area contributed by atoms with E-state index < -0.39 is 0 Å². The van der Waals surface area contributed by atoms with Crippen LogP contribution in [0.3, 0.4) is 0 Å². The Morgan fingerprint density at radius 1 is 1.38 bits per heavy atom. The Hall–Kier alpha value is -2.77. The number of halogens is 1. The van der Waals surface area contributed by atoms with Gasteiger partial charge in [-0.15, -0.1) is 0 Å². The summed E-state index contributed by atoms with van der Waals surface area (Å²) in [6.45, 7) is 7.42. The number of hydrogen-bond donors (Lipinski definition) is 2. The fraction of sp³-hybridized carbons (Fsp3) is 0.524. The topological polar surface area (TPSA) is 66.7 Å². The van der Waals surface area contributed by atoms with E-state index in [1.807, 2.05) is 44.0 Å². The molecule has 8 heteroatoms. The van der Waals surface area contributed by atoms with E-state index >= 15 is 0 Å². The first kappa shape index (κ1) is 21.0. The molecule has 29 heavy (non-hydrogen) atoms. The predicted molar refractivity (Wildman–Crippen MR) is 114 cm³/mol. The molecule has 1 unspecified atom stereocenters. The monoisotopic (exact) mass is 402 g/mol. The van der Waals surface area contributed by atoms with E-state index in [1.54, 1.807) is 6.07 Å². The molecule has 1 fully saturated rings. The van der Waals surface area contributed by atoms with Gasteiger partial charge in [-0.2, -0.15) is 5.10 Å². The Kier molecular flexibility index (Phi) is 7.32. The molecule has 1 atom stereocenters. The second-order valence-corrected chi connectivity index (χ2v) is 7.19. The minimum atomic E-state index is -0.350. The van der Waals surface area contributed by atoms with Gasteiger partial charge >= 0.3 is 0 Å². The van der Waals surface area contributed by atoms with Gasteiger partial charge in [0, 0.05) is 38.9 Å². The number of benzene rings is 1. The van der Waals surface area contributed by atoms with E-state index in [-0.39, 0.29) is 11.6 Å². The molecule has 7 nitrogen and oxygen atoms in total. The second-order valence-electron chi connectivity index (χ2n) is 7.19. The molecule has 1 aromatic carbocycles. The maximum Gasteiger partial charge on any atom is 0.191 e. The number of hydrogen-bond acceptors (Lipinski definition) is 4. The number of aryl methyl sites for hydroxylation is 1. The second kappa shape index (κ2) is 10.1. The van der Waals surface area contributed by atoms with Gasteiger partial charge in [-0.1, -0.05) is 6.07 Å². The largest absolute Gasteiger partial charge is 0.491 e. The molecule has 3 rings (SSSR count). The number of aromatic nitrogens is 2. The van der Waals surface area contributed by atoms with Crippen molar-refractivity contribution >= 4 is 11.6 Å². The fourth-order valence-electron chi connectivity index (χ4n) is 3.50. The SMILES string of the molecule is CCNC(=NCc1ccc(OCC)c(F)c1)NC1CCCN(c2cnn(C)c2)C1. The minimum absolute atomic E-state index is 0.281. The number of rotatable bonds is 7. The van der Waals surface area contributed by atoms with Crippen LogP contribution in [0.1, 0.15) is 32.3 Å². The van der Waals surface area contributed by atoms with Crippen LogP contribution in [0.4, 0.5) is 10.1 Å². The number of nitrogens with one attached hydrogen (secondary N) is 2. The molecule has 0 radical (unpaired) electrons. The molecule has 1 saturated heterocycles. The van der Waals surface area contributed by atoms with Crippen molar-refractivity contribution in [3.63, 3.8) is 0 Å². The third-order valence-corrected chi connectivity index (χ3v) is 4.88. The summed E-state index contributed by atoms with van der Waals surface area (Å²) in [6, 6.07) is 5.30. The average molecular weight is 403 g/mol. The number of aliphatic imine (C=N–C) groups is 1. The van der Waals surface area contributed by atoms with Gasteiger partial charge in [-0.05, 0) is 44.4 Å². The summed E-state index contributed by atoms with van der Waals surface area (Å²) in [5.74, 6) is 0.680. The highest BCUT2D eigenvalue weighted by molar-refractivity contribution is 5.80. The van der Waals surface area contributed by atoms with Crippen LogP contribution in [0.25, 0.3) is 0 Å². The molecule has 1 aromatic heterocycles. The lowest BCUT2D eigenvalue weighted by Crippen LogP contribution is -2.51. The first-order valence-corrected chi connectivity index (χ1v) is 10.3. The molecular weight excluding hydrogens is 371 g/mol. The van der Waals surface area contributed by atoms with Crippen LogP contribution in [-0.4, -0.2) is 48.0 Å². The fourth-order valence-corrected chi connectivity index (χ4v) is 3.50. The van der Waals surface area contributed by atoms with Crippen LogP contribution in [-0.2, 0) is 13.6 Å². The molecule has 0 spiro atoms. The molecule has 2 aromatic rings. The van der Waals surface area contributed by atoms with E-state index in [0.717, 1.165) is 49.7 Å². The third-order valence-electron chi connectivity index (χ3n) is 4.88. The Balaban J connectivity index is 1.62. The quantitative estimate of drug-likeness (QED) is 0.551. The van der Waals surface area contributed by atoms with E-state index in [2.05, 4.69) is 25.6 Å². The smallest absolute Gasteiger partial charge is 0.191 e. The number of ether oxygens (including phenoxy) is 1. The van der Waals surface area contributed by atoms with E-state index in [0.29, 0.717) is 19.2 Å². The maximum atomic E-state index is 14.1. The Morgan fingerprint density at radius 2 is 2.24 bits per heavy atom. The minimum Gasteiger partial charge on any atom is -0.491 e. The van der Waals surface area contributed by atoms with E-state index in [4.69, 9.17) is 4.74 Å².